The van der Waals surface area contributed by atoms with Gasteiger partial charge in [0.1, 0.15) is 0 Å². The van der Waals surface area contributed by atoms with Gasteiger partial charge in [-0.1, -0.05) is 32.9 Å². The van der Waals surface area contributed by atoms with Crippen LogP contribution in [-0.2, 0) is 4.79 Å². The zero-order valence-corrected chi connectivity index (χ0v) is 10.7. The van der Waals surface area contributed by atoms with Crippen molar-refractivity contribution in [1.29, 1.82) is 0 Å². The molecule has 4 heteroatoms. The first kappa shape index (κ1) is 12.9. The highest BCUT2D eigenvalue weighted by Gasteiger charge is 2.13. The van der Waals surface area contributed by atoms with Crippen LogP contribution in [0.2, 0.25) is 0 Å². The van der Waals surface area contributed by atoms with E-state index in [0.29, 0.717) is 17.1 Å². The Morgan fingerprint density at radius 3 is 2.56 bits per heavy atom. The van der Waals surface area contributed by atoms with Crippen molar-refractivity contribution in [3.63, 3.8) is 0 Å². The van der Waals surface area contributed by atoms with Crippen LogP contribution in [0.5, 0.6) is 0 Å². The van der Waals surface area contributed by atoms with Gasteiger partial charge in [-0.15, -0.1) is 11.8 Å². The molecule has 16 heavy (non-hydrogen) atoms. The molecule has 88 valence electrons. The Bertz CT molecular complexity index is 372. The van der Waals surface area contributed by atoms with E-state index in [1.807, 2.05) is 12.1 Å². The monoisotopic (exact) mass is 238 g/mol. The first-order chi connectivity index (χ1) is 7.38. The zero-order valence-electron chi connectivity index (χ0n) is 9.91. The van der Waals surface area contributed by atoms with Gasteiger partial charge in [0.2, 0.25) is 5.91 Å². The lowest BCUT2D eigenvalue weighted by Crippen LogP contribution is -2.19. The fourth-order valence-electron chi connectivity index (χ4n) is 1.08. The number of para-hydroxylation sites is 2. The summed E-state index contributed by atoms with van der Waals surface area (Å²) >= 11 is 1.61. The second-order valence-electron chi connectivity index (χ2n) is 4.54. The number of amides is 1. The Balaban J connectivity index is 2.50. The molecule has 0 saturated heterocycles. The van der Waals surface area contributed by atoms with Crippen LogP contribution in [-0.4, -0.2) is 16.4 Å². The van der Waals surface area contributed by atoms with E-state index in [-0.39, 0.29) is 10.7 Å². The fraction of sp³-hybridized carbons (Fsp3) is 0.417. The summed E-state index contributed by atoms with van der Waals surface area (Å²) in [7, 11) is 0. The predicted molar refractivity (Wildman–Crippen MR) is 71.7 cm³/mol. The minimum absolute atomic E-state index is 0.0159. The minimum Gasteiger partial charge on any atom is -0.397 e. The van der Waals surface area contributed by atoms with Crippen molar-refractivity contribution in [2.75, 3.05) is 16.8 Å². The van der Waals surface area contributed by atoms with Crippen LogP contribution in [0.1, 0.15) is 20.8 Å². The van der Waals surface area contributed by atoms with Gasteiger partial charge >= 0.3 is 0 Å². The highest BCUT2D eigenvalue weighted by Crippen LogP contribution is 2.23. The van der Waals surface area contributed by atoms with Crippen molar-refractivity contribution < 1.29 is 4.79 Å². The molecule has 0 aliphatic heterocycles. The third kappa shape index (κ3) is 4.57. The van der Waals surface area contributed by atoms with Crippen LogP contribution in [0.25, 0.3) is 0 Å². The van der Waals surface area contributed by atoms with Gasteiger partial charge in [0.25, 0.3) is 0 Å². The SMILES string of the molecule is CC(C)(C)SCC(=O)Nc1ccccc1N. The Morgan fingerprint density at radius 2 is 2.00 bits per heavy atom. The highest BCUT2D eigenvalue weighted by atomic mass is 32.2. The number of anilines is 2. The number of hydrogen-bond donors (Lipinski definition) is 2. The highest BCUT2D eigenvalue weighted by molar-refractivity contribution is 8.01. The minimum atomic E-state index is -0.0159. The third-order valence-electron chi connectivity index (χ3n) is 1.87. The Morgan fingerprint density at radius 1 is 1.38 bits per heavy atom. The van der Waals surface area contributed by atoms with E-state index in [9.17, 15) is 4.79 Å². The van der Waals surface area contributed by atoms with Crippen LogP contribution >= 0.6 is 11.8 Å². The van der Waals surface area contributed by atoms with Crippen molar-refractivity contribution >= 4 is 29.0 Å². The van der Waals surface area contributed by atoms with Crippen molar-refractivity contribution in [2.24, 2.45) is 0 Å². The van der Waals surface area contributed by atoms with Gasteiger partial charge in [0.15, 0.2) is 0 Å². The average Bonchev–Trinajstić information content (AvgIpc) is 2.18. The molecule has 3 N–H and O–H groups in total. The zero-order chi connectivity index (χ0) is 12.2. The second kappa shape index (κ2) is 5.25. The van der Waals surface area contributed by atoms with Crippen molar-refractivity contribution in [3.05, 3.63) is 24.3 Å². The maximum absolute atomic E-state index is 11.6. The molecule has 1 aromatic carbocycles. The predicted octanol–water partition coefficient (Wildman–Crippen LogP) is 2.74. The summed E-state index contributed by atoms with van der Waals surface area (Å²) in [6.45, 7) is 6.26. The molecule has 3 nitrogen and oxygen atoms in total. The molecule has 1 rings (SSSR count). The van der Waals surface area contributed by atoms with Gasteiger partial charge in [-0.3, -0.25) is 4.79 Å². The van der Waals surface area contributed by atoms with Crippen LogP contribution in [0.4, 0.5) is 11.4 Å². The quantitative estimate of drug-likeness (QED) is 0.796. The molecule has 0 aromatic heterocycles. The molecule has 0 radical (unpaired) electrons. The molecule has 1 aromatic rings. The molecule has 0 heterocycles. The molecular weight excluding hydrogens is 220 g/mol. The second-order valence-corrected chi connectivity index (χ2v) is 6.34. The normalized spacial score (nSPS) is 11.2. The van der Waals surface area contributed by atoms with E-state index < -0.39 is 0 Å². The van der Waals surface area contributed by atoms with E-state index in [1.54, 1.807) is 23.9 Å². The molecule has 0 spiro atoms. The van der Waals surface area contributed by atoms with Crippen LogP contribution < -0.4 is 11.1 Å². The van der Waals surface area contributed by atoms with Gasteiger partial charge in [-0.25, -0.2) is 0 Å². The molecule has 0 fully saturated rings. The number of benzene rings is 1. The number of thioether (sulfide) groups is 1. The number of rotatable bonds is 3. The Kier molecular flexibility index (Phi) is 4.24. The van der Waals surface area contributed by atoms with E-state index >= 15 is 0 Å². The summed E-state index contributed by atoms with van der Waals surface area (Å²) in [6, 6.07) is 7.26. The number of nitrogen functional groups attached to an aromatic ring is 1. The van der Waals surface area contributed by atoms with Gasteiger partial charge in [-0.2, -0.15) is 0 Å². The maximum Gasteiger partial charge on any atom is 0.234 e. The fourth-order valence-corrected chi connectivity index (χ4v) is 1.72. The van der Waals surface area contributed by atoms with Crippen LogP contribution in [0.3, 0.4) is 0 Å². The first-order valence-electron chi connectivity index (χ1n) is 5.17. The number of carbonyl (C=O) groups is 1. The van der Waals surface area contributed by atoms with Crippen molar-refractivity contribution in [2.45, 2.75) is 25.5 Å². The van der Waals surface area contributed by atoms with E-state index in [1.165, 1.54) is 0 Å². The third-order valence-corrected chi connectivity index (χ3v) is 3.14. The summed E-state index contributed by atoms with van der Waals surface area (Å²) in [5.41, 5.74) is 7.01. The summed E-state index contributed by atoms with van der Waals surface area (Å²) in [6.07, 6.45) is 0. The molecule has 0 bridgehead atoms. The lowest BCUT2D eigenvalue weighted by Gasteiger charge is -2.17. The number of hydrogen-bond acceptors (Lipinski definition) is 3. The van der Waals surface area contributed by atoms with Crippen molar-refractivity contribution in [1.82, 2.24) is 0 Å². The molecule has 0 aliphatic carbocycles. The van der Waals surface area contributed by atoms with E-state index in [4.69, 9.17) is 5.73 Å². The Labute approximate surface area is 101 Å². The molecular formula is C12H18N2OS. The molecule has 0 unspecified atom stereocenters. The summed E-state index contributed by atoms with van der Waals surface area (Å²) in [5, 5.41) is 2.80. The van der Waals surface area contributed by atoms with E-state index in [2.05, 4.69) is 26.1 Å². The smallest absolute Gasteiger partial charge is 0.234 e. The molecule has 0 aliphatic rings. The first-order valence-corrected chi connectivity index (χ1v) is 6.15. The summed E-state index contributed by atoms with van der Waals surface area (Å²) in [5.74, 6) is 0.426. The van der Waals surface area contributed by atoms with Crippen molar-refractivity contribution in [3.8, 4) is 0 Å². The van der Waals surface area contributed by atoms with Gasteiger partial charge in [0, 0.05) is 4.75 Å². The largest absolute Gasteiger partial charge is 0.397 e. The maximum atomic E-state index is 11.6. The van der Waals surface area contributed by atoms with E-state index in [0.717, 1.165) is 0 Å². The van der Waals surface area contributed by atoms with Crippen LogP contribution in [0, 0.1) is 0 Å². The molecule has 1 amide bonds. The van der Waals surface area contributed by atoms with Gasteiger partial charge in [-0.05, 0) is 12.1 Å². The Hall–Kier alpha value is -1.16. The van der Waals surface area contributed by atoms with Crippen LogP contribution in [0.15, 0.2) is 24.3 Å². The number of carbonyl (C=O) groups excluding carboxylic acids is 1. The molecule has 0 saturated carbocycles. The lowest BCUT2D eigenvalue weighted by atomic mass is 10.3. The number of nitrogens with two attached hydrogens (primary N) is 1. The molecule has 0 atom stereocenters. The lowest BCUT2D eigenvalue weighted by molar-refractivity contribution is -0.113. The topological polar surface area (TPSA) is 55.1 Å². The van der Waals surface area contributed by atoms with Gasteiger partial charge < -0.3 is 11.1 Å². The summed E-state index contributed by atoms with van der Waals surface area (Å²) in [4.78, 5) is 11.6. The average molecular weight is 238 g/mol. The number of nitrogens with one attached hydrogen (secondary N) is 1. The standard InChI is InChI=1S/C12H18N2OS/c1-12(2,3)16-8-11(15)14-10-7-5-4-6-9(10)13/h4-7H,8,13H2,1-3H3,(H,14,15). The van der Waals surface area contributed by atoms with Gasteiger partial charge in [0.05, 0.1) is 17.1 Å². The summed E-state index contributed by atoms with van der Waals surface area (Å²) < 4.78 is 0.0968.